The van der Waals surface area contributed by atoms with E-state index in [1.165, 1.54) is 11.3 Å². The average molecular weight is 344 g/mol. The van der Waals surface area contributed by atoms with Gasteiger partial charge in [0.15, 0.2) is 5.75 Å². The van der Waals surface area contributed by atoms with Gasteiger partial charge < -0.3 is 4.74 Å². The molecular formula is C14H15Cl2N3OS. The van der Waals surface area contributed by atoms with Crippen molar-refractivity contribution >= 4 is 45.9 Å². The van der Waals surface area contributed by atoms with E-state index in [1.807, 2.05) is 19.2 Å². The molecule has 0 unspecified atom stereocenters. The monoisotopic (exact) mass is 343 g/mol. The Hall–Kier alpha value is -1.30. The standard InChI is InChI=1S/C14H15Cl2N3OS/c1-3-4-20-13-11(15)5-10(6-12(13)16)7-17-19-14-18-9(2)8-21-14/h5-8H,3-4H2,1-2H3,(H,18,19)/b17-7-. The van der Waals surface area contributed by atoms with Crippen molar-refractivity contribution in [2.45, 2.75) is 20.3 Å². The Kier molecular flexibility index (Phi) is 5.85. The first-order valence-corrected chi connectivity index (χ1v) is 8.06. The molecule has 1 heterocycles. The molecule has 1 aromatic heterocycles. The highest BCUT2D eigenvalue weighted by Gasteiger charge is 2.08. The second-order valence-corrected chi connectivity index (χ2v) is 6.00. The molecule has 2 aromatic rings. The average Bonchev–Trinajstić information content (AvgIpc) is 2.84. The van der Waals surface area contributed by atoms with Gasteiger partial charge in [0, 0.05) is 5.38 Å². The Morgan fingerprint density at radius 3 is 2.67 bits per heavy atom. The van der Waals surface area contributed by atoms with Crippen molar-refractivity contribution in [1.29, 1.82) is 0 Å². The molecule has 7 heteroatoms. The van der Waals surface area contributed by atoms with E-state index in [0.717, 1.165) is 22.8 Å². The maximum atomic E-state index is 6.17. The molecule has 1 aromatic carbocycles. The number of benzene rings is 1. The van der Waals surface area contributed by atoms with Crippen molar-refractivity contribution in [2.24, 2.45) is 5.10 Å². The Morgan fingerprint density at radius 1 is 1.38 bits per heavy atom. The van der Waals surface area contributed by atoms with Crippen LogP contribution in [-0.4, -0.2) is 17.8 Å². The zero-order chi connectivity index (χ0) is 15.2. The normalized spacial score (nSPS) is 11.0. The lowest BCUT2D eigenvalue weighted by Gasteiger charge is -2.09. The molecule has 0 aliphatic carbocycles. The number of aryl methyl sites for hydroxylation is 1. The minimum Gasteiger partial charge on any atom is -0.490 e. The summed E-state index contributed by atoms with van der Waals surface area (Å²) in [5.74, 6) is 0.515. The fourth-order valence-corrected chi connectivity index (χ4v) is 2.81. The SMILES string of the molecule is CCCOc1c(Cl)cc(/C=N\Nc2nc(C)cs2)cc1Cl. The minimum absolute atomic E-state index is 0.475. The number of anilines is 1. The van der Waals surface area contributed by atoms with Crippen molar-refractivity contribution in [1.82, 2.24) is 4.98 Å². The van der Waals surface area contributed by atoms with Crippen LogP contribution in [0.3, 0.4) is 0 Å². The number of hydrogen-bond acceptors (Lipinski definition) is 5. The summed E-state index contributed by atoms with van der Waals surface area (Å²) in [5.41, 5.74) is 4.61. The number of halogens is 2. The molecule has 0 saturated heterocycles. The van der Waals surface area contributed by atoms with E-state index in [0.29, 0.717) is 22.4 Å². The van der Waals surface area contributed by atoms with Crippen molar-refractivity contribution in [3.8, 4) is 5.75 Å². The fourth-order valence-electron chi connectivity index (χ4n) is 1.56. The molecule has 1 N–H and O–H groups in total. The molecule has 112 valence electrons. The van der Waals surface area contributed by atoms with Crippen molar-refractivity contribution in [2.75, 3.05) is 12.0 Å². The highest BCUT2D eigenvalue weighted by Crippen LogP contribution is 2.33. The van der Waals surface area contributed by atoms with Crippen molar-refractivity contribution in [3.05, 3.63) is 38.8 Å². The van der Waals surface area contributed by atoms with Gasteiger partial charge in [-0.25, -0.2) is 4.98 Å². The topological polar surface area (TPSA) is 46.5 Å². The summed E-state index contributed by atoms with van der Waals surface area (Å²) in [6.45, 7) is 4.53. The Bertz CT molecular complexity index is 620. The number of ether oxygens (including phenoxy) is 1. The van der Waals surface area contributed by atoms with Crippen molar-refractivity contribution < 1.29 is 4.74 Å². The lowest BCUT2D eigenvalue weighted by Crippen LogP contribution is -1.97. The van der Waals surface area contributed by atoms with Crippen LogP contribution in [0.4, 0.5) is 5.13 Å². The van der Waals surface area contributed by atoms with Crippen LogP contribution in [0.25, 0.3) is 0 Å². The summed E-state index contributed by atoms with van der Waals surface area (Å²) in [7, 11) is 0. The molecule has 0 radical (unpaired) electrons. The van der Waals surface area contributed by atoms with E-state index in [-0.39, 0.29) is 0 Å². The van der Waals surface area contributed by atoms with Gasteiger partial charge in [0.2, 0.25) is 5.13 Å². The lowest BCUT2D eigenvalue weighted by atomic mass is 10.2. The lowest BCUT2D eigenvalue weighted by molar-refractivity contribution is 0.318. The number of nitrogens with one attached hydrogen (secondary N) is 1. The summed E-state index contributed by atoms with van der Waals surface area (Å²) >= 11 is 13.8. The van der Waals surface area contributed by atoms with Gasteiger partial charge in [0.05, 0.1) is 28.6 Å². The largest absolute Gasteiger partial charge is 0.490 e. The predicted octanol–water partition coefficient (Wildman–Crippen LogP) is 4.99. The van der Waals surface area contributed by atoms with Gasteiger partial charge in [0.1, 0.15) is 0 Å². The quantitative estimate of drug-likeness (QED) is 0.593. The van der Waals surface area contributed by atoms with Crippen LogP contribution < -0.4 is 10.2 Å². The van der Waals surface area contributed by atoms with Gasteiger partial charge >= 0.3 is 0 Å². The van der Waals surface area contributed by atoms with Crippen LogP contribution in [0.5, 0.6) is 5.75 Å². The first-order chi connectivity index (χ1) is 10.1. The molecule has 4 nitrogen and oxygen atoms in total. The molecule has 0 amide bonds. The van der Waals surface area contributed by atoms with E-state index in [9.17, 15) is 0 Å². The Labute approximate surface area is 137 Å². The zero-order valence-electron chi connectivity index (χ0n) is 11.7. The summed E-state index contributed by atoms with van der Waals surface area (Å²) in [6.07, 6.45) is 2.53. The van der Waals surface area contributed by atoms with Gasteiger partial charge in [-0.2, -0.15) is 5.10 Å². The Balaban J connectivity index is 2.06. The first-order valence-electron chi connectivity index (χ1n) is 6.43. The predicted molar refractivity (Wildman–Crippen MR) is 90.3 cm³/mol. The Morgan fingerprint density at radius 2 is 2.10 bits per heavy atom. The van der Waals surface area contributed by atoms with Crippen LogP contribution in [0.1, 0.15) is 24.6 Å². The second-order valence-electron chi connectivity index (χ2n) is 4.33. The molecule has 21 heavy (non-hydrogen) atoms. The number of hydrazone groups is 1. The van der Waals surface area contributed by atoms with Gasteiger partial charge in [-0.05, 0) is 31.0 Å². The second kappa shape index (κ2) is 7.64. The maximum absolute atomic E-state index is 6.17. The smallest absolute Gasteiger partial charge is 0.203 e. The number of nitrogens with zero attached hydrogens (tertiary/aromatic N) is 2. The van der Waals surface area contributed by atoms with Crippen LogP contribution in [0, 0.1) is 6.92 Å². The number of aromatic nitrogens is 1. The van der Waals surface area contributed by atoms with Gasteiger partial charge in [-0.3, -0.25) is 5.43 Å². The molecule has 0 bridgehead atoms. The molecule has 0 spiro atoms. The highest BCUT2D eigenvalue weighted by atomic mass is 35.5. The van der Waals surface area contributed by atoms with E-state index in [1.54, 1.807) is 18.3 Å². The van der Waals surface area contributed by atoms with Crippen LogP contribution >= 0.6 is 34.5 Å². The summed E-state index contributed by atoms with van der Waals surface area (Å²) in [6, 6.07) is 3.52. The maximum Gasteiger partial charge on any atom is 0.203 e. The van der Waals surface area contributed by atoms with Gasteiger partial charge in [-0.15, -0.1) is 11.3 Å². The third-order valence-electron chi connectivity index (χ3n) is 2.46. The number of rotatable bonds is 6. The van der Waals surface area contributed by atoms with E-state index in [4.69, 9.17) is 27.9 Å². The fraction of sp³-hybridized carbons (Fsp3) is 0.286. The molecule has 2 rings (SSSR count). The van der Waals surface area contributed by atoms with E-state index < -0.39 is 0 Å². The molecular weight excluding hydrogens is 329 g/mol. The minimum atomic E-state index is 0.475. The molecule has 0 fully saturated rings. The van der Waals surface area contributed by atoms with E-state index >= 15 is 0 Å². The number of thiazole rings is 1. The molecule has 0 aliphatic rings. The van der Waals surface area contributed by atoms with Crippen molar-refractivity contribution in [3.63, 3.8) is 0 Å². The van der Waals surface area contributed by atoms with Crippen LogP contribution in [-0.2, 0) is 0 Å². The summed E-state index contributed by atoms with van der Waals surface area (Å²) in [5, 5.41) is 7.75. The highest BCUT2D eigenvalue weighted by molar-refractivity contribution is 7.13. The first kappa shape index (κ1) is 16.1. The third-order valence-corrected chi connectivity index (χ3v) is 3.89. The zero-order valence-corrected chi connectivity index (χ0v) is 14.0. The molecule has 0 atom stereocenters. The van der Waals surface area contributed by atoms with Gasteiger partial charge in [-0.1, -0.05) is 30.1 Å². The molecule has 0 saturated carbocycles. The van der Waals surface area contributed by atoms with E-state index in [2.05, 4.69) is 15.5 Å². The van der Waals surface area contributed by atoms with Crippen LogP contribution in [0.15, 0.2) is 22.6 Å². The third kappa shape index (κ3) is 4.59. The molecule has 0 aliphatic heterocycles. The number of hydrogen-bond donors (Lipinski definition) is 1. The van der Waals surface area contributed by atoms with Gasteiger partial charge in [0.25, 0.3) is 0 Å². The summed E-state index contributed by atoms with van der Waals surface area (Å²) < 4.78 is 5.52. The van der Waals surface area contributed by atoms with Crippen LogP contribution in [0.2, 0.25) is 10.0 Å². The summed E-state index contributed by atoms with van der Waals surface area (Å²) in [4.78, 5) is 4.25.